The normalized spacial score (nSPS) is 10.3. The molecule has 1 amide bonds. The largest absolute Gasteiger partial charge is 0.507 e. The van der Waals surface area contributed by atoms with E-state index in [-0.39, 0.29) is 17.9 Å². The number of benzene rings is 2. The van der Waals surface area contributed by atoms with Crippen molar-refractivity contribution >= 4 is 12.2 Å². The van der Waals surface area contributed by atoms with Crippen molar-refractivity contribution in [2.75, 3.05) is 6.54 Å². The Labute approximate surface area is 140 Å². The lowest BCUT2D eigenvalue weighted by Gasteiger charge is -2.05. The number of alkyl carbamates (subject to hydrolysis) is 1. The number of nitriles is 1. The van der Waals surface area contributed by atoms with E-state index in [1.807, 2.05) is 48.6 Å². The van der Waals surface area contributed by atoms with Crippen molar-refractivity contribution in [3.05, 3.63) is 71.3 Å². The van der Waals surface area contributed by atoms with Crippen molar-refractivity contribution in [1.82, 2.24) is 5.32 Å². The van der Waals surface area contributed by atoms with E-state index in [2.05, 4.69) is 5.32 Å². The Morgan fingerprint density at radius 3 is 2.79 bits per heavy atom. The maximum atomic E-state index is 11.5. The minimum atomic E-state index is -0.455. The molecule has 0 aliphatic carbocycles. The van der Waals surface area contributed by atoms with Crippen LogP contribution in [0.2, 0.25) is 0 Å². The zero-order chi connectivity index (χ0) is 17.2. The Balaban J connectivity index is 1.69. The second kappa shape index (κ2) is 9.01. The molecule has 2 N–H and O–H groups in total. The van der Waals surface area contributed by atoms with Gasteiger partial charge in [0.15, 0.2) is 0 Å². The maximum absolute atomic E-state index is 11.5. The van der Waals surface area contributed by atoms with E-state index in [4.69, 9.17) is 10.00 Å². The van der Waals surface area contributed by atoms with Gasteiger partial charge in [0, 0.05) is 6.54 Å². The number of ether oxygens (including phenoxy) is 1. The zero-order valence-corrected chi connectivity index (χ0v) is 13.1. The highest BCUT2D eigenvalue weighted by Crippen LogP contribution is 2.18. The summed E-state index contributed by atoms with van der Waals surface area (Å²) in [5, 5.41) is 20.9. The molecule has 0 fully saturated rings. The second-order valence-electron chi connectivity index (χ2n) is 5.07. The summed E-state index contributed by atoms with van der Waals surface area (Å²) in [6.07, 6.45) is 3.88. The highest BCUT2D eigenvalue weighted by molar-refractivity contribution is 5.67. The van der Waals surface area contributed by atoms with Crippen molar-refractivity contribution in [3.8, 4) is 11.8 Å². The summed E-state index contributed by atoms with van der Waals surface area (Å²) in [6.45, 7) is 0.695. The fraction of sp³-hybridized carbons (Fsp3) is 0.158. The number of hydrogen-bond acceptors (Lipinski definition) is 4. The van der Waals surface area contributed by atoms with Crippen LogP contribution in [-0.2, 0) is 11.3 Å². The van der Waals surface area contributed by atoms with Crippen LogP contribution in [0.25, 0.3) is 6.08 Å². The molecule has 0 aromatic heterocycles. The summed E-state index contributed by atoms with van der Waals surface area (Å²) in [7, 11) is 0. The van der Waals surface area contributed by atoms with Crippen LogP contribution in [0.5, 0.6) is 5.75 Å². The van der Waals surface area contributed by atoms with Crippen LogP contribution in [0.3, 0.4) is 0 Å². The van der Waals surface area contributed by atoms with Gasteiger partial charge in [-0.3, -0.25) is 0 Å². The minimum Gasteiger partial charge on any atom is -0.507 e. The summed E-state index contributed by atoms with van der Waals surface area (Å²) in [6, 6.07) is 16.2. The van der Waals surface area contributed by atoms with Gasteiger partial charge in [0.1, 0.15) is 18.4 Å². The molecular weight excluding hydrogens is 304 g/mol. The van der Waals surface area contributed by atoms with Gasteiger partial charge in [-0.1, -0.05) is 48.6 Å². The summed E-state index contributed by atoms with van der Waals surface area (Å²) in [4.78, 5) is 11.5. The first kappa shape index (κ1) is 17.1. The molecule has 0 heterocycles. The molecule has 0 atom stereocenters. The van der Waals surface area contributed by atoms with Crippen LogP contribution in [0.4, 0.5) is 4.79 Å². The lowest BCUT2D eigenvalue weighted by Crippen LogP contribution is -2.24. The molecule has 0 saturated heterocycles. The standard InChI is InChI=1S/C19H18N2O3/c20-13-17-12-15(9-10-18(17)22)6-4-5-11-21-19(23)24-14-16-7-2-1-3-8-16/h1-4,6-10,12,22H,5,11,14H2,(H,21,23). The number of nitrogens with one attached hydrogen (secondary N) is 1. The molecule has 24 heavy (non-hydrogen) atoms. The molecule has 2 aromatic rings. The molecular formula is C19H18N2O3. The first-order valence-corrected chi connectivity index (χ1v) is 7.53. The molecule has 5 heteroatoms. The van der Waals surface area contributed by atoms with Crippen molar-refractivity contribution < 1.29 is 14.6 Å². The van der Waals surface area contributed by atoms with E-state index < -0.39 is 6.09 Å². The highest BCUT2D eigenvalue weighted by Gasteiger charge is 2.01. The minimum absolute atomic E-state index is 0.0301. The number of phenolic OH excluding ortho intramolecular Hbond substituents is 1. The SMILES string of the molecule is N#Cc1cc(C=CCCNC(=O)OCc2ccccc2)ccc1O. The van der Waals surface area contributed by atoms with E-state index in [0.717, 1.165) is 11.1 Å². The number of rotatable bonds is 6. The molecule has 5 nitrogen and oxygen atoms in total. The van der Waals surface area contributed by atoms with Crippen molar-refractivity contribution in [3.63, 3.8) is 0 Å². The summed E-state index contributed by atoms with van der Waals surface area (Å²) in [5.41, 5.74) is 1.99. The zero-order valence-electron chi connectivity index (χ0n) is 13.1. The monoisotopic (exact) mass is 322 g/mol. The van der Waals surface area contributed by atoms with Crippen molar-refractivity contribution in [2.24, 2.45) is 0 Å². The van der Waals surface area contributed by atoms with Crippen LogP contribution in [0.1, 0.15) is 23.1 Å². The third kappa shape index (κ3) is 5.50. The van der Waals surface area contributed by atoms with Crippen LogP contribution in [-0.4, -0.2) is 17.7 Å². The van der Waals surface area contributed by atoms with Gasteiger partial charge < -0.3 is 15.2 Å². The predicted octanol–water partition coefficient (Wildman–Crippen LogP) is 3.59. The Morgan fingerprint density at radius 2 is 2.04 bits per heavy atom. The predicted molar refractivity (Wildman–Crippen MR) is 91.1 cm³/mol. The first-order chi connectivity index (χ1) is 11.7. The fourth-order valence-corrected chi connectivity index (χ4v) is 2.00. The van der Waals surface area contributed by atoms with Crippen LogP contribution >= 0.6 is 0 Å². The number of nitrogens with zero attached hydrogens (tertiary/aromatic N) is 1. The Kier molecular flexibility index (Phi) is 6.42. The van der Waals surface area contributed by atoms with E-state index in [0.29, 0.717) is 13.0 Å². The molecule has 122 valence electrons. The number of aromatic hydroxyl groups is 1. The summed E-state index contributed by atoms with van der Waals surface area (Å²) < 4.78 is 5.10. The van der Waals surface area contributed by atoms with Gasteiger partial charge in [0.25, 0.3) is 0 Å². The van der Waals surface area contributed by atoms with Gasteiger partial charge >= 0.3 is 6.09 Å². The van der Waals surface area contributed by atoms with Crippen molar-refractivity contribution in [2.45, 2.75) is 13.0 Å². The quantitative estimate of drug-likeness (QED) is 0.796. The Morgan fingerprint density at radius 1 is 1.25 bits per heavy atom. The Hall–Kier alpha value is -3.26. The van der Waals surface area contributed by atoms with E-state index >= 15 is 0 Å². The van der Waals surface area contributed by atoms with E-state index in [9.17, 15) is 9.90 Å². The third-order valence-electron chi connectivity index (χ3n) is 3.24. The van der Waals surface area contributed by atoms with E-state index in [1.165, 1.54) is 6.07 Å². The van der Waals surface area contributed by atoms with Gasteiger partial charge in [-0.15, -0.1) is 0 Å². The topological polar surface area (TPSA) is 82.4 Å². The van der Waals surface area contributed by atoms with Gasteiger partial charge in [-0.2, -0.15) is 5.26 Å². The molecule has 2 rings (SSSR count). The Bertz CT molecular complexity index is 749. The molecule has 0 radical (unpaired) electrons. The molecule has 0 aliphatic rings. The lowest BCUT2D eigenvalue weighted by molar-refractivity contribution is 0.140. The van der Waals surface area contributed by atoms with Gasteiger partial charge in [-0.25, -0.2) is 4.79 Å². The molecule has 0 bridgehead atoms. The third-order valence-corrected chi connectivity index (χ3v) is 3.24. The fourth-order valence-electron chi connectivity index (χ4n) is 2.00. The average Bonchev–Trinajstić information content (AvgIpc) is 2.62. The average molecular weight is 322 g/mol. The number of carbonyl (C=O) groups excluding carboxylic acids is 1. The van der Waals surface area contributed by atoms with Gasteiger partial charge in [-0.05, 0) is 29.7 Å². The van der Waals surface area contributed by atoms with Crippen LogP contribution in [0.15, 0.2) is 54.6 Å². The second-order valence-corrected chi connectivity index (χ2v) is 5.07. The van der Waals surface area contributed by atoms with Crippen LogP contribution < -0.4 is 5.32 Å². The molecule has 0 spiro atoms. The van der Waals surface area contributed by atoms with Crippen molar-refractivity contribution in [1.29, 1.82) is 5.26 Å². The molecule has 2 aromatic carbocycles. The molecule has 0 aliphatic heterocycles. The first-order valence-electron chi connectivity index (χ1n) is 7.53. The number of carbonyl (C=O) groups is 1. The smallest absolute Gasteiger partial charge is 0.407 e. The number of amides is 1. The highest BCUT2D eigenvalue weighted by atomic mass is 16.5. The number of phenols is 1. The number of hydrogen-bond donors (Lipinski definition) is 2. The van der Waals surface area contributed by atoms with E-state index in [1.54, 1.807) is 12.1 Å². The molecule has 0 unspecified atom stereocenters. The summed E-state index contributed by atoms with van der Waals surface area (Å²) in [5.74, 6) is -0.0301. The van der Waals surface area contributed by atoms with Gasteiger partial charge in [0.05, 0.1) is 5.56 Å². The maximum Gasteiger partial charge on any atom is 0.407 e. The molecule has 0 saturated carbocycles. The van der Waals surface area contributed by atoms with Gasteiger partial charge in [0.2, 0.25) is 0 Å². The van der Waals surface area contributed by atoms with Crippen LogP contribution in [0, 0.1) is 11.3 Å². The lowest BCUT2D eigenvalue weighted by atomic mass is 10.1. The summed E-state index contributed by atoms with van der Waals surface area (Å²) >= 11 is 0.